The Labute approximate surface area is 381 Å². The van der Waals surface area contributed by atoms with Gasteiger partial charge in [-0.1, -0.05) is 43.2 Å². The first-order chi connectivity index (χ1) is 31.8. The molecule has 0 unspecified atom stereocenters. The fourth-order valence-electron chi connectivity index (χ4n) is 7.67. The molecule has 0 radical (unpaired) electrons. The lowest BCUT2D eigenvalue weighted by Crippen LogP contribution is -2.22. The molecule has 8 N–H and O–H groups in total. The molecule has 7 rings (SSSR count). The largest absolute Gasteiger partial charge is 0.506 e. The minimum atomic E-state index is -4.17. The van der Waals surface area contributed by atoms with Gasteiger partial charge in [-0.15, -0.1) is 0 Å². The van der Waals surface area contributed by atoms with E-state index in [1.54, 1.807) is 61.5 Å². The fourth-order valence-corrected chi connectivity index (χ4v) is 9.08. The number of phenols is 1. The molecule has 0 aliphatic heterocycles. The molecule has 5 aromatic carbocycles. The van der Waals surface area contributed by atoms with E-state index in [0.717, 1.165) is 37.8 Å². The van der Waals surface area contributed by atoms with Crippen molar-refractivity contribution in [3.63, 3.8) is 0 Å². The SMILES string of the molecule is COc1cccc(Nc2c(C(N)=O)cnc3c(C)cc(S(=O)(=O)c4cccc(C(=O)Nc5ccc(CCOCCCCCCNC[C@H](O)c6ccc(O)c7[nH]c(=O)ccc67)cc5)c4)cc23)c1. The number of nitrogens with two attached hydrogens (primary N) is 1. The number of amides is 2. The number of aryl methyl sites for hydroxylation is 1. The molecule has 0 fully saturated rings. The molecule has 0 bridgehead atoms. The zero-order chi connectivity index (χ0) is 46.8. The second-order valence-electron chi connectivity index (χ2n) is 15.9. The summed E-state index contributed by atoms with van der Waals surface area (Å²) in [6, 6.07) is 29.3. The molecule has 0 saturated carbocycles. The van der Waals surface area contributed by atoms with Gasteiger partial charge in [0.1, 0.15) is 11.5 Å². The number of pyridine rings is 2. The summed E-state index contributed by atoms with van der Waals surface area (Å²) in [5.74, 6) is -0.692. The third-order valence-corrected chi connectivity index (χ3v) is 12.9. The summed E-state index contributed by atoms with van der Waals surface area (Å²) in [6.07, 6.45) is 5.15. The van der Waals surface area contributed by atoms with Crippen molar-refractivity contribution < 1.29 is 37.7 Å². The number of fused-ring (bicyclic) bond motifs is 2. The number of carbonyl (C=O) groups is 2. The number of nitrogens with one attached hydrogen (secondary N) is 4. The number of hydrogen-bond acceptors (Lipinski definition) is 12. The molecule has 0 aliphatic rings. The number of methoxy groups -OCH3 is 1. The van der Waals surface area contributed by atoms with Gasteiger partial charge in [0.05, 0.1) is 51.9 Å². The monoisotopic (exact) mass is 912 g/mol. The standard InChI is InChI=1S/C50H52N6O9S/c1-31-25-38(28-41-46(31)53-29-42(49(51)60)47(41)54-35-10-8-11-36(27-35)64-2)66(62,63)37-12-7-9-33(26-37)50(61)55-34-15-13-32(14-16-34)21-24-65-23-6-4-3-5-22-52-30-44(58)39-17-19-43(57)48-40(39)18-20-45(59)56-48/h7-20,25-29,44,52,57-58H,3-6,21-24,30H2,1-2H3,(H2,51,60)(H,53,54)(H,55,61)(H,56,59)/t44-/m0/s1. The molecule has 342 valence electrons. The van der Waals surface area contributed by atoms with Crippen LogP contribution in [0.4, 0.5) is 17.1 Å². The summed E-state index contributed by atoms with van der Waals surface area (Å²) in [6.45, 7) is 4.01. The van der Waals surface area contributed by atoms with Crippen LogP contribution in [0.1, 0.15) is 69.2 Å². The van der Waals surface area contributed by atoms with Crippen molar-refractivity contribution in [2.45, 2.75) is 54.9 Å². The van der Waals surface area contributed by atoms with Gasteiger partial charge in [0.2, 0.25) is 15.4 Å². The highest BCUT2D eigenvalue weighted by Gasteiger charge is 2.24. The van der Waals surface area contributed by atoms with Crippen molar-refractivity contribution in [1.82, 2.24) is 15.3 Å². The Bertz CT molecular complexity index is 3050. The number of hydrogen-bond donors (Lipinski definition) is 7. The van der Waals surface area contributed by atoms with E-state index in [1.165, 1.54) is 55.8 Å². The Morgan fingerprint density at radius 3 is 2.42 bits per heavy atom. The van der Waals surface area contributed by atoms with E-state index >= 15 is 0 Å². The third kappa shape index (κ3) is 11.2. The van der Waals surface area contributed by atoms with Crippen LogP contribution in [-0.4, -0.2) is 73.8 Å². The van der Waals surface area contributed by atoms with Crippen LogP contribution in [0.2, 0.25) is 0 Å². The van der Waals surface area contributed by atoms with Gasteiger partial charge in [0.25, 0.3) is 11.8 Å². The van der Waals surface area contributed by atoms with Gasteiger partial charge in [-0.25, -0.2) is 8.42 Å². The Morgan fingerprint density at radius 2 is 1.64 bits per heavy atom. The molecule has 1 atom stereocenters. The predicted molar refractivity (Wildman–Crippen MR) is 255 cm³/mol. The number of aromatic hydroxyl groups is 1. The van der Waals surface area contributed by atoms with E-state index in [1.807, 2.05) is 12.1 Å². The molecule has 2 aromatic heterocycles. The Hall–Kier alpha value is -7.11. The number of H-pyrrole nitrogens is 1. The molecule has 0 spiro atoms. The predicted octanol–water partition coefficient (Wildman–Crippen LogP) is 7.47. The highest BCUT2D eigenvalue weighted by molar-refractivity contribution is 7.91. The lowest BCUT2D eigenvalue weighted by molar-refractivity contribution is 0.0998. The van der Waals surface area contributed by atoms with Crippen molar-refractivity contribution in [3.05, 3.63) is 154 Å². The molecule has 7 aromatic rings. The highest BCUT2D eigenvalue weighted by atomic mass is 32.2. The number of unbranched alkanes of at least 4 members (excludes halogenated alkanes) is 3. The molecular formula is C50H52N6O9S. The van der Waals surface area contributed by atoms with Crippen molar-refractivity contribution >= 4 is 60.5 Å². The zero-order valence-corrected chi connectivity index (χ0v) is 37.4. The average molecular weight is 913 g/mol. The number of primary amides is 1. The maximum absolute atomic E-state index is 14.2. The second-order valence-corrected chi connectivity index (χ2v) is 17.8. The van der Waals surface area contributed by atoms with Crippen molar-refractivity contribution in [3.8, 4) is 11.5 Å². The van der Waals surface area contributed by atoms with E-state index in [-0.39, 0.29) is 32.2 Å². The minimum absolute atomic E-state index is 0.0400. The van der Waals surface area contributed by atoms with E-state index in [4.69, 9.17) is 15.2 Å². The Balaban J connectivity index is 0.867. The fraction of sp³-hybridized carbons (Fsp3) is 0.240. The first-order valence-corrected chi connectivity index (χ1v) is 23.0. The van der Waals surface area contributed by atoms with Gasteiger partial charge in [-0.05, 0) is 116 Å². The number of phenolic OH excluding ortho intramolecular Hbond substituents is 1. The number of nitrogens with zero attached hydrogens (tertiary/aromatic N) is 1. The van der Waals surface area contributed by atoms with E-state index in [2.05, 4.69) is 25.9 Å². The molecular weight excluding hydrogens is 861 g/mol. The number of aromatic amines is 1. The number of anilines is 3. The number of aliphatic hydroxyl groups excluding tert-OH is 1. The lowest BCUT2D eigenvalue weighted by Gasteiger charge is -2.16. The summed E-state index contributed by atoms with van der Waals surface area (Å²) in [5, 5.41) is 31.1. The first kappa shape index (κ1) is 46.9. The summed E-state index contributed by atoms with van der Waals surface area (Å²) in [4.78, 5) is 44.5. The van der Waals surface area contributed by atoms with Gasteiger partial charge in [0, 0.05) is 59.2 Å². The van der Waals surface area contributed by atoms with Crippen molar-refractivity contribution in [2.75, 3.05) is 44.0 Å². The summed E-state index contributed by atoms with van der Waals surface area (Å²) in [7, 11) is -2.63. The van der Waals surface area contributed by atoms with E-state index in [0.29, 0.717) is 81.9 Å². The van der Waals surface area contributed by atoms with Gasteiger partial charge >= 0.3 is 0 Å². The summed E-state index contributed by atoms with van der Waals surface area (Å²) in [5.41, 5.74) is 10.1. The van der Waals surface area contributed by atoms with Crippen LogP contribution < -0.4 is 32.0 Å². The molecule has 2 heterocycles. The zero-order valence-electron chi connectivity index (χ0n) is 36.6. The normalized spacial score (nSPS) is 12.0. The maximum atomic E-state index is 14.2. The number of carbonyl (C=O) groups excluding carboxylic acids is 2. The van der Waals surface area contributed by atoms with Crippen LogP contribution >= 0.6 is 0 Å². The van der Waals surface area contributed by atoms with Crippen LogP contribution in [0.5, 0.6) is 11.5 Å². The van der Waals surface area contributed by atoms with Crippen molar-refractivity contribution in [2.24, 2.45) is 5.73 Å². The van der Waals surface area contributed by atoms with Crippen LogP contribution in [-0.2, 0) is 21.0 Å². The van der Waals surface area contributed by atoms with Crippen LogP contribution in [0, 0.1) is 6.92 Å². The molecule has 0 saturated heterocycles. The van der Waals surface area contributed by atoms with Crippen LogP contribution in [0.15, 0.2) is 130 Å². The van der Waals surface area contributed by atoms with E-state index < -0.39 is 27.8 Å². The molecule has 2 amide bonds. The van der Waals surface area contributed by atoms with Gasteiger partial charge in [0.15, 0.2) is 0 Å². The summed E-state index contributed by atoms with van der Waals surface area (Å²) < 4.78 is 39.5. The van der Waals surface area contributed by atoms with Gasteiger partial charge in [-0.3, -0.25) is 19.4 Å². The quantitative estimate of drug-likeness (QED) is 0.0348. The Morgan fingerprint density at radius 1 is 0.848 bits per heavy atom. The number of rotatable bonds is 21. The number of aromatic nitrogens is 2. The number of ether oxygens (including phenoxy) is 2. The van der Waals surface area contributed by atoms with Crippen LogP contribution in [0.25, 0.3) is 21.8 Å². The highest BCUT2D eigenvalue weighted by Crippen LogP contribution is 2.35. The van der Waals surface area contributed by atoms with Crippen molar-refractivity contribution in [1.29, 1.82) is 0 Å². The topological polar surface area (TPSA) is 235 Å². The first-order valence-electron chi connectivity index (χ1n) is 21.5. The molecule has 15 nitrogen and oxygen atoms in total. The van der Waals surface area contributed by atoms with Gasteiger partial charge in [-0.2, -0.15) is 0 Å². The minimum Gasteiger partial charge on any atom is -0.506 e. The molecule has 66 heavy (non-hydrogen) atoms. The van der Waals surface area contributed by atoms with E-state index in [9.17, 15) is 33.0 Å². The second kappa shape index (κ2) is 21.3. The number of aliphatic hydroxyl groups is 1. The average Bonchev–Trinajstić information content (AvgIpc) is 3.31. The number of sulfone groups is 1. The third-order valence-electron chi connectivity index (χ3n) is 11.2. The molecule has 16 heteroatoms. The summed E-state index contributed by atoms with van der Waals surface area (Å²) >= 11 is 0. The Kier molecular flexibility index (Phi) is 15.1. The van der Waals surface area contributed by atoms with Gasteiger partial charge < -0.3 is 46.4 Å². The molecule has 0 aliphatic carbocycles. The smallest absolute Gasteiger partial charge is 0.255 e. The van der Waals surface area contributed by atoms with Crippen LogP contribution in [0.3, 0.4) is 0 Å². The maximum Gasteiger partial charge on any atom is 0.255 e. The number of benzene rings is 5. The lowest BCUT2D eigenvalue weighted by atomic mass is 10.0.